The summed E-state index contributed by atoms with van der Waals surface area (Å²) in [5.74, 6) is 0.229. The van der Waals surface area contributed by atoms with Crippen molar-refractivity contribution in [3.05, 3.63) is 68.6 Å². The average molecular weight is 487 g/mol. The highest BCUT2D eigenvalue weighted by atomic mass is 79.9. The standard InChI is InChI=1S/C21H19BrN4O3S/c1-3-10-30-21-24-19(27)17-15-11-14(22)8-9-16(15)23-18(26(17)25-21)12-4-6-13(7-5-12)20(28)29-2/h4-9,11,18H,3,10H2,1-2H3,(H,24,25,27)/t18-/m1/s1. The molecule has 7 nitrogen and oxygen atoms in total. The molecule has 0 bridgehead atoms. The number of hydrazone groups is 1. The second kappa shape index (κ2) is 8.61. The molecular formula is C21H19BrN4O3S. The lowest BCUT2D eigenvalue weighted by Gasteiger charge is -2.34. The maximum atomic E-state index is 13.0. The Morgan fingerprint density at radius 3 is 2.73 bits per heavy atom. The van der Waals surface area contributed by atoms with Crippen molar-refractivity contribution >= 4 is 50.4 Å². The van der Waals surface area contributed by atoms with Gasteiger partial charge in [-0.25, -0.2) is 9.80 Å². The molecular weight excluding hydrogens is 468 g/mol. The molecule has 0 unspecified atom stereocenters. The number of fused-ring (bicyclic) bond motifs is 2. The normalized spacial score (nSPS) is 17.4. The Hall–Kier alpha value is -2.65. The molecule has 2 aromatic rings. The molecule has 0 saturated heterocycles. The van der Waals surface area contributed by atoms with Crippen molar-refractivity contribution in [3.8, 4) is 0 Å². The number of thioether (sulfide) groups is 1. The number of amidine groups is 1. The molecule has 1 amide bonds. The second-order valence-corrected chi connectivity index (χ2v) is 8.68. The van der Waals surface area contributed by atoms with Gasteiger partial charge >= 0.3 is 5.97 Å². The fraction of sp³-hybridized carbons (Fsp3) is 0.238. The summed E-state index contributed by atoms with van der Waals surface area (Å²) in [4.78, 5) is 29.7. The first-order valence-electron chi connectivity index (χ1n) is 9.39. The van der Waals surface area contributed by atoms with E-state index in [-0.39, 0.29) is 5.91 Å². The number of rotatable bonds is 4. The van der Waals surface area contributed by atoms with Gasteiger partial charge < -0.3 is 4.74 Å². The van der Waals surface area contributed by atoms with Crippen LogP contribution in [0.25, 0.3) is 5.70 Å². The Morgan fingerprint density at radius 1 is 1.27 bits per heavy atom. The molecule has 0 radical (unpaired) electrons. The Bertz CT molecular complexity index is 1160. The first-order valence-corrected chi connectivity index (χ1v) is 11.2. The highest BCUT2D eigenvalue weighted by Gasteiger charge is 2.34. The molecule has 154 valence electrons. The van der Waals surface area contributed by atoms with Crippen molar-refractivity contribution in [2.24, 2.45) is 10.1 Å². The summed E-state index contributed by atoms with van der Waals surface area (Å²) in [6.07, 6.45) is 0.443. The summed E-state index contributed by atoms with van der Waals surface area (Å²) in [6, 6.07) is 12.6. The van der Waals surface area contributed by atoms with Crippen molar-refractivity contribution < 1.29 is 14.3 Å². The van der Waals surface area contributed by atoms with Crippen LogP contribution in [0.4, 0.5) is 0 Å². The zero-order valence-electron chi connectivity index (χ0n) is 16.4. The van der Waals surface area contributed by atoms with Gasteiger partial charge in [-0.05, 0) is 42.3 Å². The molecule has 0 aromatic heterocycles. The lowest BCUT2D eigenvalue weighted by Crippen LogP contribution is -2.50. The van der Waals surface area contributed by atoms with Crippen LogP contribution in [0.15, 0.2) is 57.0 Å². The number of nitrogens with one attached hydrogen (secondary N) is 1. The molecule has 2 aromatic carbocycles. The number of ether oxygens (including phenoxy) is 1. The first-order chi connectivity index (χ1) is 14.5. The number of amides is 1. The van der Waals surface area contributed by atoms with Crippen LogP contribution in [-0.4, -0.2) is 34.9 Å². The quantitative estimate of drug-likeness (QED) is 0.671. The predicted octanol–water partition coefficient (Wildman–Crippen LogP) is 2.52. The van der Waals surface area contributed by atoms with Gasteiger partial charge in [-0.1, -0.05) is 46.7 Å². The average Bonchev–Trinajstić information content (AvgIpc) is 2.76. The van der Waals surface area contributed by atoms with Crippen molar-refractivity contribution in [2.45, 2.75) is 19.5 Å². The summed E-state index contributed by atoms with van der Waals surface area (Å²) < 4.78 is 5.63. The van der Waals surface area contributed by atoms with Crippen LogP contribution in [0.1, 0.15) is 35.4 Å². The topological polar surface area (TPSA) is 83.4 Å². The van der Waals surface area contributed by atoms with Gasteiger partial charge in [0.2, 0.25) is 0 Å². The largest absolute Gasteiger partial charge is 0.465 e. The third-order valence-electron chi connectivity index (χ3n) is 4.64. The fourth-order valence-corrected chi connectivity index (χ4v) is 4.31. The molecule has 2 aliphatic rings. The van der Waals surface area contributed by atoms with Crippen LogP contribution in [0, 0.1) is 0 Å². The van der Waals surface area contributed by atoms with Gasteiger partial charge in [-0.3, -0.25) is 15.1 Å². The predicted molar refractivity (Wildman–Crippen MR) is 119 cm³/mol. The van der Waals surface area contributed by atoms with Crippen LogP contribution in [0.3, 0.4) is 0 Å². The number of nitrogens with zero attached hydrogens (tertiary/aromatic N) is 3. The molecule has 1 N–H and O–H groups in total. The van der Waals surface area contributed by atoms with E-state index >= 15 is 0 Å². The lowest BCUT2D eigenvalue weighted by molar-refractivity contribution is -0.116. The minimum atomic E-state index is -0.524. The van der Waals surface area contributed by atoms with E-state index in [2.05, 4.69) is 28.2 Å². The van der Waals surface area contributed by atoms with Crippen LogP contribution in [0.5, 0.6) is 0 Å². The molecule has 4 rings (SSSR count). The van der Waals surface area contributed by atoms with Crippen molar-refractivity contribution in [1.29, 1.82) is 0 Å². The van der Waals surface area contributed by atoms with Gasteiger partial charge in [0.25, 0.3) is 5.91 Å². The van der Waals surface area contributed by atoms with E-state index in [1.54, 1.807) is 17.1 Å². The van der Waals surface area contributed by atoms with E-state index in [1.165, 1.54) is 18.9 Å². The van der Waals surface area contributed by atoms with Gasteiger partial charge in [-0.2, -0.15) is 0 Å². The summed E-state index contributed by atoms with van der Waals surface area (Å²) in [7, 11) is 1.35. The second-order valence-electron chi connectivity index (χ2n) is 6.68. The summed E-state index contributed by atoms with van der Waals surface area (Å²) in [5, 5.41) is 11.2. The molecule has 1 atom stereocenters. The molecule has 0 fully saturated rings. The number of methoxy groups -OCH3 is 1. The van der Waals surface area contributed by atoms with Gasteiger partial charge in [0.15, 0.2) is 11.3 Å². The zero-order valence-corrected chi connectivity index (χ0v) is 18.8. The summed E-state index contributed by atoms with van der Waals surface area (Å²) >= 11 is 4.97. The monoisotopic (exact) mass is 486 g/mol. The van der Waals surface area contributed by atoms with E-state index in [0.29, 0.717) is 27.0 Å². The number of esters is 1. The summed E-state index contributed by atoms with van der Waals surface area (Å²) in [6.45, 7) is 2.07. The van der Waals surface area contributed by atoms with Gasteiger partial charge in [0, 0.05) is 15.4 Å². The highest BCUT2D eigenvalue weighted by molar-refractivity contribution is 9.10. The number of hydrogen-bond acceptors (Lipinski definition) is 7. The maximum absolute atomic E-state index is 13.0. The van der Waals surface area contributed by atoms with E-state index in [0.717, 1.165) is 22.2 Å². The van der Waals surface area contributed by atoms with Crippen molar-refractivity contribution in [1.82, 2.24) is 10.3 Å². The van der Waals surface area contributed by atoms with Crippen LogP contribution < -0.4 is 15.9 Å². The maximum Gasteiger partial charge on any atom is 0.337 e. The van der Waals surface area contributed by atoms with Gasteiger partial charge in [0.1, 0.15) is 5.70 Å². The number of benzene rings is 2. The molecule has 9 heteroatoms. The minimum absolute atomic E-state index is 0.214. The SMILES string of the molecule is CCCSC1=NN2C(=c3cc(Br)ccc3=N[C@H]2c2ccc(C(=O)OC)cc2)C(=O)N1. The number of carbonyl (C=O) groups is 2. The van der Waals surface area contributed by atoms with E-state index in [1.807, 2.05) is 30.3 Å². The van der Waals surface area contributed by atoms with Crippen molar-refractivity contribution in [3.63, 3.8) is 0 Å². The molecule has 0 spiro atoms. The van der Waals surface area contributed by atoms with E-state index in [9.17, 15) is 9.59 Å². The Morgan fingerprint density at radius 2 is 2.03 bits per heavy atom. The van der Waals surface area contributed by atoms with Crippen LogP contribution in [0.2, 0.25) is 0 Å². The molecule has 0 saturated carbocycles. The lowest BCUT2D eigenvalue weighted by atomic mass is 10.1. The van der Waals surface area contributed by atoms with E-state index < -0.39 is 12.1 Å². The third kappa shape index (κ3) is 3.87. The molecule has 2 heterocycles. The fourth-order valence-electron chi connectivity index (χ4n) is 3.24. The minimum Gasteiger partial charge on any atom is -0.465 e. The molecule has 2 aliphatic heterocycles. The Balaban J connectivity index is 1.85. The number of carbonyl (C=O) groups excluding carboxylic acids is 2. The first kappa shape index (κ1) is 20.6. The van der Waals surface area contributed by atoms with Gasteiger partial charge in [0.05, 0.1) is 18.0 Å². The van der Waals surface area contributed by atoms with Gasteiger partial charge in [-0.15, -0.1) is 5.10 Å². The Kier molecular flexibility index (Phi) is 5.92. The molecule has 30 heavy (non-hydrogen) atoms. The highest BCUT2D eigenvalue weighted by Crippen LogP contribution is 2.31. The summed E-state index contributed by atoms with van der Waals surface area (Å²) in [5.41, 5.74) is 1.71. The smallest absolute Gasteiger partial charge is 0.337 e. The zero-order chi connectivity index (χ0) is 21.3. The molecule has 0 aliphatic carbocycles. The van der Waals surface area contributed by atoms with E-state index in [4.69, 9.17) is 14.8 Å². The number of hydrogen-bond donors (Lipinski definition) is 1. The van der Waals surface area contributed by atoms with Crippen molar-refractivity contribution in [2.75, 3.05) is 12.9 Å². The van der Waals surface area contributed by atoms with Crippen LogP contribution in [-0.2, 0) is 9.53 Å². The number of halogens is 1. The Labute approximate surface area is 186 Å². The third-order valence-corrected chi connectivity index (χ3v) is 6.21. The van der Waals surface area contributed by atoms with Crippen LogP contribution >= 0.6 is 27.7 Å².